The van der Waals surface area contributed by atoms with Crippen LogP contribution < -0.4 is 4.90 Å². The maximum atomic E-state index is 12.6. The lowest BCUT2D eigenvalue weighted by Crippen LogP contribution is -2.29. The van der Waals surface area contributed by atoms with E-state index in [1.165, 1.54) is 24.0 Å². The summed E-state index contributed by atoms with van der Waals surface area (Å²) >= 11 is 1.50. The number of carbonyl (C=O) groups excluding carboxylic acids is 1. The summed E-state index contributed by atoms with van der Waals surface area (Å²) in [6, 6.07) is 15.9. The molecule has 0 radical (unpaired) electrons. The van der Waals surface area contributed by atoms with E-state index in [1.54, 1.807) is 4.90 Å². The third kappa shape index (κ3) is 3.32. The molecule has 0 spiro atoms. The van der Waals surface area contributed by atoms with Crippen LogP contribution in [0.5, 0.6) is 0 Å². The minimum absolute atomic E-state index is 0.0157. The highest BCUT2D eigenvalue weighted by molar-refractivity contribution is 7.22. The second kappa shape index (κ2) is 7.11. The Morgan fingerprint density at radius 2 is 1.88 bits per heavy atom. The van der Waals surface area contributed by atoms with Crippen LogP contribution in [-0.2, 0) is 9.53 Å². The maximum Gasteiger partial charge on any atom is 0.259 e. The van der Waals surface area contributed by atoms with Crippen molar-refractivity contribution in [1.29, 1.82) is 0 Å². The predicted molar refractivity (Wildman–Crippen MR) is 99.2 cm³/mol. The molecule has 1 heterocycles. The molecule has 0 unspecified atom stereocenters. The summed E-state index contributed by atoms with van der Waals surface area (Å²) in [6.45, 7) is 4.31. The van der Waals surface area contributed by atoms with Crippen molar-refractivity contribution in [1.82, 2.24) is 4.98 Å². The van der Waals surface area contributed by atoms with Gasteiger partial charge in [0, 0.05) is 7.11 Å². The van der Waals surface area contributed by atoms with Crippen molar-refractivity contribution >= 4 is 38.3 Å². The van der Waals surface area contributed by atoms with E-state index in [0.717, 1.165) is 15.9 Å². The smallest absolute Gasteiger partial charge is 0.259 e. The molecule has 24 heavy (non-hydrogen) atoms. The molecule has 3 rings (SSSR count). The molecule has 0 saturated heterocycles. The van der Waals surface area contributed by atoms with Crippen molar-refractivity contribution in [2.75, 3.05) is 18.6 Å². The van der Waals surface area contributed by atoms with E-state index in [0.29, 0.717) is 11.0 Å². The summed E-state index contributed by atoms with van der Waals surface area (Å²) < 4.78 is 6.11. The van der Waals surface area contributed by atoms with Gasteiger partial charge in [-0.05, 0) is 35.7 Å². The van der Waals surface area contributed by atoms with E-state index in [4.69, 9.17) is 4.74 Å². The second-order valence-corrected chi connectivity index (χ2v) is 6.88. The first-order valence-electron chi connectivity index (χ1n) is 7.87. The van der Waals surface area contributed by atoms with Crippen LogP contribution in [0.1, 0.15) is 25.3 Å². The number of fused-ring (bicyclic) bond motifs is 1. The lowest BCUT2D eigenvalue weighted by atomic mass is 10.0. The van der Waals surface area contributed by atoms with Gasteiger partial charge in [-0.2, -0.15) is 0 Å². The van der Waals surface area contributed by atoms with Crippen LogP contribution >= 0.6 is 11.3 Å². The predicted octanol–water partition coefficient (Wildman–Crippen LogP) is 4.73. The van der Waals surface area contributed by atoms with Crippen molar-refractivity contribution in [2.45, 2.75) is 19.8 Å². The Hall–Kier alpha value is -2.24. The molecule has 0 saturated carbocycles. The number of hydrogen-bond donors (Lipinski definition) is 0. The van der Waals surface area contributed by atoms with Gasteiger partial charge in [-0.25, -0.2) is 4.98 Å². The average Bonchev–Trinajstić information content (AvgIpc) is 2.99. The van der Waals surface area contributed by atoms with Gasteiger partial charge in [0.1, 0.15) is 6.61 Å². The van der Waals surface area contributed by atoms with Gasteiger partial charge in [-0.1, -0.05) is 49.4 Å². The van der Waals surface area contributed by atoms with Gasteiger partial charge in [-0.3, -0.25) is 9.69 Å². The average molecular weight is 340 g/mol. The number of amides is 1. The lowest BCUT2D eigenvalue weighted by molar-refractivity contribution is -0.121. The number of benzene rings is 2. The molecule has 0 bridgehead atoms. The molecular weight excluding hydrogens is 320 g/mol. The number of aromatic nitrogens is 1. The first-order valence-corrected chi connectivity index (χ1v) is 8.69. The molecule has 3 aromatic rings. The summed E-state index contributed by atoms with van der Waals surface area (Å²) in [4.78, 5) is 18.9. The molecule has 5 heteroatoms. The van der Waals surface area contributed by atoms with E-state index < -0.39 is 0 Å². The van der Waals surface area contributed by atoms with Crippen molar-refractivity contribution in [3.8, 4) is 0 Å². The van der Waals surface area contributed by atoms with Crippen LogP contribution in [0.2, 0.25) is 0 Å². The number of carbonyl (C=O) groups is 1. The Labute approximate surface area is 145 Å². The van der Waals surface area contributed by atoms with E-state index in [2.05, 4.69) is 31.0 Å². The summed E-state index contributed by atoms with van der Waals surface area (Å²) in [6.07, 6.45) is 0. The fraction of sp³-hybridized carbons (Fsp3) is 0.263. The van der Waals surface area contributed by atoms with Crippen LogP contribution in [0.15, 0.2) is 48.5 Å². The number of rotatable bonds is 5. The number of anilines is 2. The molecule has 4 nitrogen and oxygen atoms in total. The Morgan fingerprint density at radius 3 is 2.50 bits per heavy atom. The third-order valence-electron chi connectivity index (χ3n) is 3.81. The zero-order chi connectivity index (χ0) is 17.1. The zero-order valence-corrected chi connectivity index (χ0v) is 14.8. The topological polar surface area (TPSA) is 42.4 Å². The molecule has 2 aromatic carbocycles. The van der Waals surface area contributed by atoms with Crippen molar-refractivity contribution in [3.05, 3.63) is 54.1 Å². The maximum absolute atomic E-state index is 12.6. The standard InChI is InChI=1S/C19H20N2O2S/c1-13(2)14-8-10-15(11-9-14)21(18(22)12-23-3)19-20-16-6-4-5-7-17(16)24-19/h4-11,13H,12H2,1-3H3. The Bertz CT molecular complexity index is 807. The fourth-order valence-electron chi connectivity index (χ4n) is 2.51. The first kappa shape index (κ1) is 16.6. The van der Waals surface area contributed by atoms with Gasteiger partial charge in [0.2, 0.25) is 0 Å². The van der Waals surface area contributed by atoms with E-state index in [-0.39, 0.29) is 12.5 Å². The number of ether oxygens (including phenoxy) is 1. The number of hydrogen-bond acceptors (Lipinski definition) is 4. The Morgan fingerprint density at radius 1 is 1.17 bits per heavy atom. The normalized spacial score (nSPS) is 11.2. The minimum atomic E-state index is -0.131. The highest BCUT2D eigenvalue weighted by atomic mass is 32.1. The Kier molecular flexibility index (Phi) is 4.92. The number of methoxy groups -OCH3 is 1. The molecule has 0 aliphatic heterocycles. The van der Waals surface area contributed by atoms with Crippen molar-refractivity contribution in [3.63, 3.8) is 0 Å². The van der Waals surface area contributed by atoms with E-state index >= 15 is 0 Å². The number of nitrogens with zero attached hydrogens (tertiary/aromatic N) is 2. The van der Waals surface area contributed by atoms with E-state index in [1.807, 2.05) is 36.4 Å². The van der Waals surface area contributed by atoms with Gasteiger partial charge >= 0.3 is 0 Å². The van der Waals surface area contributed by atoms with Crippen LogP contribution in [0.3, 0.4) is 0 Å². The second-order valence-electron chi connectivity index (χ2n) is 5.87. The lowest BCUT2D eigenvalue weighted by Gasteiger charge is -2.20. The molecule has 1 amide bonds. The molecule has 0 aliphatic rings. The van der Waals surface area contributed by atoms with Gasteiger partial charge in [0.15, 0.2) is 5.13 Å². The minimum Gasteiger partial charge on any atom is -0.375 e. The van der Waals surface area contributed by atoms with Crippen molar-refractivity contribution in [2.24, 2.45) is 0 Å². The highest BCUT2D eigenvalue weighted by Gasteiger charge is 2.21. The van der Waals surface area contributed by atoms with Crippen LogP contribution in [0.4, 0.5) is 10.8 Å². The zero-order valence-electron chi connectivity index (χ0n) is 14.0. The van der Waals surface area contributed by atoms with Crippen LogP contribution in [0, 0.1) is 0 Å². The summed E-state index contributed by atoms with van der Waals surface area (Å²) in [5.41, 5.74) is 2.94. The SMILES string of the molecule is COCC(=O)N(c1ccc(C(C)C)cc1)c1nc2ccccc2s1. The number of thiazole rings is 1. The largest absolute Gasteiger partial charge is 0.375 e. The summed E-state index contributed by atoms with van der Waals surface area (Å²) in [5, 5.41) is 0.663. The first-order chi connectivity index (χ1) is 11.6. The summed E-state index contributed by atoms with van der Waals surface area (Å²) in [7, 11) is 1.52. The van der Waals surface area contributed by atoms with Gasteiger partial charge in [0.05, 0.1) is 15.9 Å². The third-order valence-corrected chi connectivity index (χ3v) is 4.83. The molecule has 0 atom stereocenters. The molecule has 124 valence electrons. The van der Waals surface area contributed by atoms with Gasteiger partial charge in [0.25, 0.3) is 5.91 Å². The quantitative estimate of drug-likeness (QED) is 0.674. The number of para-hydroxylation sites is 1. The highest BCUT2D eigenvalue weighted by Crippen LogP contribution is 2.34. The van der Waals surface area contributed by atoms with Crippen molar-refractivity contribution < 1.29 is 9.53 Å². The fourth-order valence-corrected chi connectivity index (χ4v) is 3.52. The molecule has 0 N–H and O–H groups in total. The molecule has 0 fully saturated rings. The van der Waals surface area contributed by atoms with Crippen LogP contribution in [-0.4, -0.2) is 24.6 Å². The monoisotopic (exact) mass is 340 g/mol. The molecule has 1 aromatic heterocycles. The molecule has 0 aliphatic carbocycles. The molecular formula is C19H20N2O2S. The summed E-state index contributed by atoms with van der Waals surface area (Å²) in [5.74, 6) is 0.318. The van der Waals surface area contributed by atoms with Gasteiger partial charge in [-0.15, -0.1) is 0 Å². The van der Waals surface area contributed by atoms with E-state index in [9.17, 15) is 4.79 Å². The van der Waals surface area contributed by atoms with Crippen LogP contribution in [0.25, 0.3) is 10.2 Å². The Balaban J connectivity index is 2.04. The van der Waals surface area contributed by atoms with Gasteiger partial charge < -0.3 is 4.74 Å².